The van der Waals surface area contributed by atoms with Gasteiger partial charge in [-0.15, -0.1) is 0 Å². The largest absolute Gasteiger partial charge is 0.491 e. The van der Waals surface area contributed by atoms with Gasteiger partial charge in [0, 0.05) is 6.04 Å². The van der Waals surface area contributed by atoms with Crippen LogP contribution in [0.3, 0.4) is 0 Å². The summed E-state index contributed by atoms with van der Waals surface area (Å²) < 4.78 is 5.97. The molecular formula is C17H29NO. The Morgan fingerprint density at radius 2 is 1.95 bits per heavy atom. The van der Waals surface area contributed by atoms with Gasteiger partial charge in [-0.3, -0.25) is 0 Å². The first-order valence-electron chi connectivity index (χ1n) is 7.69. The van der Waals surface area contributed by atoms with Gasteiger partial charge < -0.3 is 10.5 Å². The van der Waals surface area contributed by atoms with Gasteiger partial charge in [-0.25, -0.2) is 0 Å². The van der Waals surface area contributed by atoms with Crippen LogP contribution < -0.4 is 10.5 Å². The van der Waals surface area contributed by atoms with Crippen molar-refractivity contribution in [3.63, 3.8) is 0 Å². The van der Waals surface area contributed by atoms with Crippen LogP contribution in [0.15, 0.2) is 24.3 Å². The van der Waals surface area contributed by atoms with Gasteiger partial charge in [0.1, 0.15) is 5.75 Å². The molecule has 0 saturated carbocycles. The van der Waals surface area contributed by atoms with Gasteiger partial charge in [0.2, 0.25) is 0 Å². The Hall–Kier alpha value is -1.02. The Morgan fingerprint density at radius 3 is 2.63 bits per heavy atom. The lowest BCUT2D eigenvalue weighted by atomic mass is 10.1. The molecule has 19 heavy (non-hydrogen) atoms. The average molecular weight is 263 g/mol. The van der Waals surface area contributed by atoms with E-state index >= 15 is 0 Å². The van der Waals surface area contributed by atoms with Crippen LogP contribution in [-0.2, 0) is 0 Å². The molecule has 2 heteroatoms. The molecule has 0 heterocycles. The summed E-state index contributed by atoms with van der Waals surface area (Å²) in [5, 5.41) is 0. The third-order valence-corrected chi connectivity index (χ3v) is 3.53. The molecule has 1 aromatic rings. The van der Waals surface area contributed by atoms with E-state index in [1.54, 1.807) is 0 Å². The first-order chi connectivity index (χ1) is 9.17. The van der Waals surface area contributed by atoms with E-state index in [1.807, 2.05) is 12.1 Å². The number of unbranched alkanes of at least 4 members (excludes halogenated alkanes) is 3. The fourth-order valence-electron chi connectivity index (χ4n) is 2.20. The van der Waals surface area contributed by atoms with Gasteiger partial charge in [0.25, 0.3) is 0 Å². The maximum atomic E-state index is 6.05. The number of rotatable bonds is 9. The van der Waals surface area contributed by atoms with Gasteiger partial charge in [0.15, 0.2) is 0 Å². The maximum absolute atomic E-state index is 6.05. The Balaban J connectivity index is 2.43. The number of benzene rings is 1. The van der Waals surface area contributed by atoms with E-state index in [0.717, 1.165) is 24.2 Å². The Labute approximate surface area is 118 Å². The normalized spacial score (nSPS) is 14.1. The molecule has 2 nitrogen and oxygen atoms in total. The number of hydrogen-bond donors (Lipinski definition) is 1. The predicted molar refractivity (Wildman–Crippen MR) is 82.5 cm³/mol. The highest BCUT2D eigenvalue weighted by Gasteiger charge is 2.07. The third kappa shape index (κ3) is 6.11. The van der Waals surface area contributed by atoms with E-state index in [0.29, 0.717) is 0 Å². The second-order valence-corrected chi connectivity index (χ2v) is 5.37. The smallest absolute Gasteiger partial charge is 0.120 e. The quantitative estimate of drug-likeness (QED) is 0.647. The van der Waals surface area contributed by atoms with Crippen molar-refractivity contribution >= 4 is 0 Å². The molecular weight excluding hydrogens is 234 g/mol. The monoisotopic (exact) mass is 263 g/mol. The minimum atomic E-state index is 0.114. The zero-order chi connectivity index (χ0) is 14.1. The van der Waals surface area contributed by atoms with Crippen LogP contribution >= 0.6 is 0 Å². The lowest BCUT2D eigenvalue weighted by Gasteiger charge is -2.16. The van der Waals surface area contributed by atoms with Crippen molar-refractivity contribution in [2.75, 3.05) is 0 Å². The van der Waals surface area contributed by atoms with Crippen molar-refractivity contribution in [2.45, 2.75) is 71.4 Å². The van der Waals surface area contributed by atoms with E-state index < -0.39 is 0 Å². The highest BCUT2D eigenvalue weighted by Crippen LogP contribution is 2.21. The predicted octanol–water partition coefficient (Wildman–Crippen LogP) is 4.83. The van der Waals surface area contributed by atoms with Crippen molar-refractivity contribution in [2.24, 2.45) is 5.73 Å². The minimum Gasteiger partial charge on any atom is -0.491 e. The summed E-state index contributed by atoms with van der Waals surface area (Å²) in [7, 11) is 0. The highest BCUT2D eigenvalue weighted by atomic mass is 16.5. The molecule has 2 atom stereocenters. The lowest BCUT2D eigenvalue weighted by Crippen LogP contribution is -2.13. The molecule has 0 aliphatic heterocycles. The van der Waals surface area contributed by atoms with Crippen molar-refractivity contribution in [1.29, 1.82) is 0 Å². The van der Waals surface area contributed by atoms with Crippen molar-refractivity contribution in [1.82, 2.24) is 0 Å². The summed E-state index contributed by atoms with van der Waals surface area (Å²) in [6.45, 7) is 6.50. The van der Waals surface area contributed by atoms with E-state index in [-0.39, 0.29) is 12.1 Å². The van der Waals surface area contributed by atoms with E-state index in [9.17, 15) is 0 Å². The van der Waals surface area contributed by atoms with Crippen LogP contribution in [0.5, 0.6) is 5.75 Å². The van der Waals surface area contributed by atoms with Gasteiger partial charge >= 0.3 is 0 Å². The zero-order valence-electron chi connectivity index (χ0n) is 12.7. The van der Waals surface area contributed by atoms with Crippen LogP contribution in [0.2, 0.25) is 0 Å². The Kier molecular flexibility index (Phi) is 7.57. The van der Waals surface area contributed by atoms with Crippen LogP contribution in [0.4, 0.5) is 0 Å². The van der Waals surface area contributed by atoms with Crippen LogP contribution in [-0.4, -0.2) is 6.10 Å². The molecule has 108 valence electrons. The minimum absolute atomic E-state index is 0.114. The van der Waals surface area contributed by atoms with Gasteiger partial charge in [-0.2, -0.15) is 0 Å². The standard InChI is InChI=1S/C17H29NO/c1-4-6-7-8-10-14(3)19-16-12-9-11-15(13-16)17(18)5-2/h9,11-14,17H,4-8,10,18H2,1-3H3. The number of nitrogens with two attached hydrogens (primary N) is 1. The van der Waals surface area contributed by atoms with E-state index in [2.05, 4.69) is 32.9 Å². The third-order valence-electron chi connectivity index (χ3n) is 3.53. The second-order valence-electron chi connectivity index (χ2n) is 5.37. The Bertz CT molecular complexity index is 351. The molecule has 0 saturated heterocycles. The molecule has 2 unspecified atom stereocenters. The van der Waals surface area contributed by atoms with Crippen molar-refractivity contribution in [3.8, 4) is 5.75 Å². The SMILES string of the molecule is CCCCCCC(C)Oc1cccc(C(N)CC)c1. The first kappa shape index (κ1) is 16.0. The molecule has 0 aromatic heterocycles. The summed E-state index contributed by atoms with van der Waals surface area (Å²) >= 11 is 0. The second kappa shape index (κ2) is 8.98. The lowest BCUT2D eigenvalue weighted by molar-refractivity contribution is 0.206. The summed E-state index contributed by atoms with van der Waals surface area (Å²) in [6.07, 6.45) is 7.54. The molecule has 0 amide bonds. The van der Waals surface area contributed by atoms with Crippen molar-refractivity contribution in [3.05, 3.63) is 29.8 Å². The Morgan fingerprint density at radius 1 is 1.16 bits per heavy atom. The van der Waals surface area contributed by atoms with Crippen LogP contribution in [0.1, 0.15) is 70.9 Å². The van der Waals surface area contributed by atoms with Gasteiger partial charge in [-0.1, -0.05) is 45.2 Å². The molecule has 0 aliphatic rings. The molecule has 0 spiro atoms. The van der Waals surface area contributed by atoms with Crippen molar-refractivity contribution < 1.29 is 4.74 Å². The van der Waals surface area contributed by atoms with Gasteiger partial charge in [0.05, 0.1) is 6.10 Å². The summed E-state index contributed by atoms with van der Waals surface area (Å²) in [5.74, 6) is 0.949. The summed E-state index contributed by atoms with van der Waals surface area (Å²) in [5.41, 5.74) is 7.22. The summed E-state index contributed by atoms with van der Waals surface area (Å²) in [6, 6.07) is 8.32. The molecule has 2 N–H and O–H groups in total. The molecule has 0 fully saturated rings. The first-order valence-corrected chi connectivity index (χ1v) is 7.69. The molecule has 1 aromatic carbocycles. The summed E-state index contributed by atoms with van der Waals surface area (Å²) in [4.78, 5) is 0. The van der Waals surface area contributed by atoms with Gasteiger partial charge in [-0.05, 0) is 43.9 Å². The molecule has 0 radical (unpaired) electrons. The topological polar surface area (TPSA) is 35.2 Å². The molecule has 0 bridgehead atoms. The molecule has 1 rings (SSSR count). The number of ether oxygens (including phenoxy) is 1. The van der Waals surface area contributed by atoms with Crippen LogP contribution in [0, 0.1) is 0 Å². The average Bonchev–Trinajstić information content (AvgIpc) is 2.43. The van der Waals surface area contributed by atoms with E-state index in [4.69, 9.17) is 10.5 Å². The fourth-order valence-corrected chi connectivity index (χ4v) is 2.20. The highest BCUT2D eigenvalue weighted by molar-refractivity contribution is 5.30. The number of hydrogen-bond acceptors (Lipinski definition) is 2. The fraction of sp³-hybridized carbons (Fsp3) is 0.647. The van der Waals surface area contributed by atoms with Crippen LogP contribution in [0.25, 0.3) is 0 Å². The molecule has 0 aliphatic carbocycles. The zero-order valence-corrected chi connectivity index (χ0v) is 12.7. The van der Waals surface area contributed by atoms with E-state index in [1.165, 1.54) is 25.7 Å². The maximum Gasteiger partial charge on any atom is 0.120 e.